The first-order chi connectivity index (χ1) is 13.7. The van der Waals surface area contributed by atoms with E-state index < -0.39 is 38.0 Å². The van der Waals surface area contributed by atoms with Crippen molar-refractivity contribution >= 4 is 38.0 Å². The molecule has 0 spiro atoms. The molecule has 0 aromatic heterocycles. The molecule has 0 fully saturated rings. The summed E-state index contributed by atoms with van der Waals surface area (Å²) in [5.74, 6) is 0. The Morgan fingerprint density at radius 1 is 0.433 bits per heavy atom. The van der Waals surface area contributed by atoms with Gasteiger partial charge in [-0.25, -0.2) is 0 Å². The van der Waals surface area contributed by atoms with E-state index in [1.54, 1.807) is 0 Å². The Kier molecular flexibility index (Phi) is 13.5. The molecule has 0 aliphatic carbocycles. The molecule has 182 valence electrons. The monoisotopic (exact) mass is 504 g/mol. The zero-order chi connectivity index (χ0) is 23.7. The summed E-state index contributed by atoms with van der Waals surface area (Å²) in [5, 5.41) is 0. The first kappa shape index (κ1) is 31.0. The number of hydrogen-bond donors (Lipinski definition) is 0. The highest BCUT2D eigenvalue weighted by Crippen LogP contribution is 2.46. The van der Waals surface area contributed by atoms with E-state index in [4.69, 9.17) is 4.12 Å². The molecule has 6 heteroatoms. The second-order valence-electron chi connectivity index (χ2n) is 12.6. The maximum absolute atomic E-state index is 8.08. The Morgan fingerprint density at radius 2 is 0.700 bits per heavy atom. The van der Waals surface area contributed by atoms with E-state index in [1.807, 2.05) is 0 Å². The van der Waals surface area contributed by atoms with Crippen molar-refractivity contribution in [1.29, 1.82) is 0 Å². The zero-order valence-corrected chi connectivity index (χ0v) is 28.4. The van der Waals surface area contributed by atoms with Crippen molar-refractivity contribution in [1.82, 2.24) is 0 Å². The molecule has 0 aliphatic heterocycles. The average molecular weight is 505 g/mol. The predicted octanol–water partition coefficient (Wildman–Crippen LogP) is 9.71. The van der Waals surface area contributed by atoms with Crippen molar-refractivity contribution in [2.24, 2.45) is 0 Å². The highest BCUT2D eigenvalue weighted by atomic mass is 29.9. The van der Waals surface area contributed by atoms with Crippen LogP contribution in [0.15, 0.2) is 0 Å². The Bertz CT molecular complexity index is 424. The summed E-state index contributed by atoms with van der Waals surface area (Å²) in [5.41, 5.74) is 0. The fourth-order valence-electron chi connectivity index (χ4n) is 6.61. The molecule has 1 nitrogen and oxygen atoms in total. The van der Waals surface area contributed by atoms with E-state index in [0.717, 1.165) is 0 Å². The van der Waals surface area contributed by atoms with Gasteiger partial charge < -0.3 is 4.12 Å². The summed E-state index contributed by atoms with van der Waals surface area (Å²) in [6.07, 6.45) is 11.1. The van der Waals surface area contributed by atoms with E-state index in [0.29, 0.717) is 0 Å². The van der Waals surface area contributed by atoms with Gasteiger partial charge in [0, 0.05) is 0 Å². The van der Waals surface area contributed by atoms with Crippen molar-refractivity contribution in [2.75, 3.05) is 0 Å². The van der Waals surface area contributed by atoms with Crippen LogP contribution in [0.3, 0.4) is 0 Å². The molecule has 30 heavy (non-hydrogen) atoms. The maximum Gasteiger partial charge on any atom is 0.172 e. The summed E-state index contributed by atoms with van der Waals surface area (Å²) in [6.45, 7) is 29.9. The molecular weight excluding hydrogens is 445 g/mol. The smallest absolute Gasteiger partial charge is 0.172 e. The minimum absolute atomic E-state index is 1.32. The second kappa shape index (κ2) is 13.1. The predicted molar refractivity (Wildman–Crippen MR) is 156 cm³/mol. The third kappa shape index (κ3) is 7.82. The summed E-state index contributed by atoms with van der Waals surface area (Å²) in [6, 6.07) is 5.96. The van der Waals surface area contributed by atoms with Crippen LogP contribution in [0.5, 0.6) is 0 Å². The Balaban J connectivity index is 6.74. The standard InChI is InChI=1S/C24H60OSi5/c1-13-17-21-26(5,6)25-30(27(7,8)22-18-14-2,28(9,10)23-19-15-3)29(11,12)24-20-16-4/h13-24H2,1-12H3. The van der Waals surface area contributed by atoms with Crippen molar-refractivity contribution in [3.8, 4) is 0 Å². The SMILES string of the molecule is CCCC[Si](C)(C)O[Si]([Si](C)(C)CCCC)([Si](C)(C)CCCC)[Si](C)(C)CCCC. The quantitative estimate of drug-likeness (QED) is 0.179. The lowest BCUT2D eigenvalue weighted by Gasteiger charge is -2.62. The van der Waals surface area contributed by atoms with E-state index in [9.17, 15) is 0 Å². The molecule has 0 N–H and O–H groups in total. The van der Waals surface area contributed by atoms with Crippen molar-refractivity contribution in [3.05, 3.63) is 0 Å². The van der Waals surface area contributed by atoms with Gasteiger partial charge in [0.1, 0.15) is 6.87 Å². The van der Waals surface area contributed by atoms with Gasteiger partial charge in [0.05, 0.1) is 22.8 Å². The first-order valence-electron chi connectivity index (χ1n) is 13.4. The van der Waals surface area contributed by atoms with E-state index in [1.165, 1.54) is 75.5 Å². The van der Waals surface area contributed by atoms with Crippen LogP contribution in [0.4, 0.5) is 0 Å². The van der Waals surface area contributed by atoms with Gasteiger partial charge in [0.25, 0.3) is 0 Å². The maximum atomic E-state index is 8.08. The number of unbranched alkanes of at least 4 members (excludes halogenated alkanes) is 4. The van der Waals surface area contributed by atoms with Gasteiger partial charge in [-0.1, -0.05) is 136 Å². The van der Waals surface area contributed by atoms with Gasteiger partial charge in [-0.05, 0) is 19.1 Å². The summed E-state index contributed by atoms with van der Waals surface area (Å²) in [7, 11) is -5.99. The van der Waals surface area contributed by atoms with Crippen LogP contribution in [-0.2, 0) is 4.12 Å². The molecule has 0 rings (SSSR count). The molecule has 0 atom stereocenters. The largest absolute Gasteiger partial charge is 0.462 e. The number of hydrogen-bond acceptors (Lipinski definition) is 1. The third-order valence-corrected chi connectivity index (χ3v) is 82.1. The highest BCUT2D eigenvalue weighted by molar-refractivity contribution is 7.88. The molecule has 0 saturated heterocycles. The molecule has 0 aliphatic rings. The molecule has 0 amide bonds. The summed E-state index contributed by atoms with van der Waals surface area (Å²) in [4.78, 5) is 0. The van der Waals surface area contributed by atoms with E-state index >= 15 is 0 Å². The summed E-state index contributed by atoms with van der Waals surface area (Å²) >= 11 is 0. The lowest BCUT2D eigenvalue weighted by atomic mass is 10.4. The van der Waals surface area contributed by atoms with E-state index in [-0.39, 0.29) is 0 Å². The Labute approximate surface area is 197 Å². The fraction of sp³-hybridized carbons (Fsp3) is 1.00. The van der Waals surface area contributed by atoms with Gasteiger partial charge in [-0.2, -0.15) is 0 Å². The van der Waals surface area contributed by atoms with Crippen molar-refractivity contribution in [3.63, 3.8) is 0 Å². The molecule has 0 saturated carbocycles. The molecule has 0 aromatic carbocycles. The fourth-order valence-corrected chi connectivity index (χ4v) is 118. The van der Waals surface area contributed by atoms with Crippen LogP contribution in [0, 0.1) is 0 Å². The van der Waals surface area contributed by atoms with Gasteiger partial charge in [-0.3, -0.25) is 0 Å². The molecule has 0 aromatic rings. The van der Waals surface area contributed by atoms with Gasteiger partial charge in [0.2, 0.25) is 0 Å². The molecule has 0 heterocycles. The minimum atomic E-state index is -1.80. The van der Waals surface area contributed by atoms with Crippen LogP contribution in [0.1, 0.15) is 79.1 Å². The summed E-state index contributed by atoms with van der Waals surface area (Å²) < 4.78 is 8.08. The van der Waals surface area contributed by atoms with Crippen LogP contribution < -0.4 is 0 Å². The molecule has 0 radical (unpaired) electrons. The highest BCUT2D eigenvalue weighted by Gasteiger charge is 2.68. The topological polar surface area (TPSA) is 9.23 Å². The Hall–Kier alpha value is 1.04. The average Bonchev–Trinajstić information content (AvgIpc) is 2.65. The normalized spacial score (nSPS) is 14.4. The van der Waals surface area contributed by atoms with Gasteiger partial charge in [0.15, 0.2) is 8.32 Å². The van der Waals surface area contributed by atoms with Crippen LogP contribution >= 0.6 is 0 Å². The molecule has 0 unspecified atom stereocenters. The van der Waals surface area contributed by atoms with Crippen LogP contribution in [-0.4, -0.2) is 38.0 Å². The van der Waals surface area contributed by atoms with Crippen molar-refractivity contribution in [2.45, 2.75) is 156 Å². The third-order valence-electron chi connectivity index (χ3n) is 7.89. The lowest BCUT2D eigenvalue weighted by molar-refractivity contribution is 0.568. The number of rotatable bonds is 17. The molecule has 0 bridgehead atoms. The van der Waals surface area contributed by atoms with Crippen molar-refractivity contribution < 1.29 is 4.12 Å². The first-order valence-corrected chi connectivity index (χ1v) is 31.0. The lowest BCUT2D eigenvalue weighted by Crippen LogP contribution is -2.87. The Morgan fingerprint density at radius 3 is 0.967 bits per heavy atom. The molecular formula is C24H60OSi5. The van der Waals surface area contributed by atoms with Gasteiger partial charge >= 0.3 is 0 Å². The second-order valence-corrected chi connectivity index (χ2v) is 54.6. The van der Waals surface area contributed by atoms with Crippen LogP contribution in [0.2, 0.25) is 76.6 Å². The van der Waals surface area contributed by atoms with Crippen LogP contribution in [0.25, 0.3) is 0 Å². The van der Waals surface area contributed by atoms with Gasteiger partial charge in [-0.15, -0.1) is 0 Å². The van der Waals surface area contributed by atoms with E-state index in [2.05, 4.69) is 80.1 Å². The zero-order valence-electron chi connectivity index (χ0n) is 23.4. The minimum Gasteiger partial charge on any atom is -0.462 e.